The minimum absolute atomic E-state index is 0.237. The van der Waals surface area contributed by atoms with Crippen LogP contribution < -0.4 is 4.74 Å². The second-order valence-electron chi connectivity index (χ2n) is 5.12. The van der Waals surface area contributed by atoms with Gasteiger partial charge in [-0.05, 0) is 48.9 Å². The molecule has 1 aromatic rings. The Hall–Kier alpha value is -1.51. The molecular formula is C17H26O3. The topological polar surface area (TPSA) is 46.5 Å². The summed E-state index contributed by atoms with van der Waals surface area (Å²) in [6.45, 7) is 6.02. The molecule has 0 aliphatic rings. The summed E-state index contributed by atoms with van der Waals surface area (Å²) in [6, 6.07) is 3.60. The summed E-state index contributed by atoms with van der Waals surface area (Å²) in [5, 5.41) is 10.3. The molecule has 0 heterocycles. The van der Waals surface area contributed by atoms with Gasteiger partial charge in [-0.1, -0.05) is 33.6 Å². The third kappa shape index (κ3) is 4.87. The van der Waals surface area contributed by atoms with Crippen molar-refractivity contribution in [1.29, 1.82) is 0 Å². The summed E-state index contributed by atoms with van der Waals surface area (Å²) < 4.78 is 5.31. The van der Waals surface area contributed by atoms with Crippen LogP contribution in [0.2, 0.25) is 0 Å². The number of benzene rings is 1. The van der Waals surface area contributed by atoms with Crippen LogP contribution in [0.4, 0.5) is 0 Å². The maximum absolute atomic E-state index is 11.4. The van der Waals surface area contributed by atoms with E-state index in [1.165, 1.54) is 0 Å². The van der Waals surface area contributed by atoms with Gasteiger partial charge >= 0.3 is 5.97 Å². The highest BCUT2D eigenvalue weighted by Gasteiger charge is 2.12. The van der Waals surface area contributed by atoms with E-state index in [1.807, 2.05) is 0 Å². The van der Waals surface area contributed by atoms with Crippen molar-refractivity contribution in [2.24, 2.45) is 0 Å². The van der Waals surface area contributed by atoms with E-state index >= 15 is 0 Å². The molecule has 1 N–H and O–H groups in total. The van der Waals surface area contributed by atoms with Gasteiger partial charge in [-0.15, -0.1) is 0 Å². The Bertz CT molecular complexity index is 409. The smallest absolute Gasteiger partial charge is 0.310 e. The van der Waals surface area contributed by atoms with Gasteiger partial charge in [-0.25, -0.2) is 0 Å². The van der Waals surface area contributed by atoms with E-state index in [4.69, 9.17) is 4.74 Å². The minimum atomic E-state index is -0.237. The molecule has 0 aliphatic heterocycles. The lowest BCUT2D eigenvalue weighted by Crippen LogP contribution is -2.06. The highest BCUT2D eigenvalue weighted by molar-refractivity contribution is 5.72. The van der Waals surface area contributed by atoms with Crippen LogP contribution in [0.15, 0.2) is 12.1 Å². The molecule has 112 valence electrons. The second-order valence-corrected chi connectivity index (χ2v) is 5.12. The average Bonchev–Trinajstić information content (AvgIpc) is 2.45. The number of carbonyl (C=O) groups is 1. The van der Waals surface area contributed by atoms with Crippen LogP contribution in [0.1, 0.15) is 64.0 Å². The number of phenolic OH excluding ortho intramolecular Hbond substituents is 1. The molecule has 0 aliphatic carbocycles. The Morgan fingerprint density at radius 3 is 1.95 bits per heavy atom. The van der Waals surface area contributed by atoms with Crippen molar-refractivity contribution in [2.45, 2.75) is 65.7 Å². The van der Waals surface area contributed by atoms with E-state index in [-0.39, 0.29) is 5.97 Å². The first-order valence-electron chi connectivity index (χ1n) is 7.67. The van der Waals surface area contributed by atoms with Crippen molar-refractivity contribution in [3.63, 3.8) is 0 Å². The van der Waals surface area contributed by atoms with Crippen LogP contribution in [0.5, 0.6) is 11.5 Å². The molecule has 0 bridgehead atoms. The van der Waals surface area contributed by atoms with Gasteiger partial charge in [0.2, 0.25) is 0 Å². The summed E-state index contributed by atoms with van der Waals surface area (Å²) in [4.78, 5) is 11.4. The second kappa shape index (κ2) is 8.62. The van der Waals surface area contributed by atoms with Gasteiger partial charge < -0.3 is 9.84 Å². The molecule has 0 amide bonds. The fourth-order valence-electron chi connectivity index (χ4n) is 2.11. The Balaban J connectivity index is 3.01. The molecule has 3 heteroatoms. The zero-order chi connectivity index (χ0) is 15.0. The zero-order valence-electron chi connectivity index (χ0n) is 12.9. The number of esters is 1. The van der Waals surface area contributed by atoms with Gasteiger partial charge in [0.15, 0.2) is 0 Å². The molecule has 0 spiro atoms. The van der Waals surface area contributed by atoms with E-state index in [9.17, 15) is 9.90 Å². The van der Waals surface area contributed by atoms with Crippen molar-refractivity contribution in [1.82, 2.24) is 0 Å². The summed E-state index contributed by atoms with van der Waals surface area (Å²) in [5.41, 5.74) is 1.78. The fraction of sp³-hybridized carbons (Fsp3) is 0.588. The SMILES string of the molecule is CCCCc1cc(OC(=O)CC)cc(CCCC)c1O. The molecule has 20 heavy (non-hydrogen) atoms. The summed E-state index contributed by atoms with van der Waals surface area (Å²) in [7, 11) is 0. The number of unbranched alkanes of at least 4 members (excludes halogenated alkanes) is 2. The third-order valence-electron chi connectivity index (χ3n) is 3.36. The van der Waals surface area contributed by atoms with Crippen LogP contribution in [0.25, 0.3) is 0 Å². The largest absolute Gasteiger partial charge is 0.507 e. The maximum Gasteiger partial charge on any atom is 0.310 e. The molecule has 0 atom stereocenters. The first-order valence-corrected chi connectivity index (χ1v) is 7.67. The van der Waals surface area contributed by atoms with Gasteiger partial charge in [0.1, 0.15) is 11.5 Å². The monoisotopic (exact) mass is 278 g/mol. The van der Waals surface area contributed by atoms with Gasteiger partial charge in [0.25, 0.3) is 0 Å². The number of phenols is 1. The van der Waals surface area contributed by atoms with Gasteiger partial charge in [0, 0.05) is 6.42 Å². The van der Waals surface area contributed by atoms with Crippen molar-refractivity contribution in [3.05, 3.63) is 23.3 Å². The van der Waals surface area contributed by atoms with E-state index < -0.39 is 0 Å². The van der Waals surface area contributed by atoms with Crippen molar-refractivity contribution < 1.29 is 14.6 Å². The summed E-state index contributed by atoms with van der Waals surface area (Å²) >= 11 is 0. The number of ether oxygens (including phenoxy) is 1. The lowest BCUT2D eigenvalue weighted by molar-refractivity contribution is -0.134. The van der Waals surface area contributed by atoms with Gasteiger partial charge in [0.05, 0.1) is 0 Å². The quantitative estimate of drug-likeness (QED) is 0.566. The normalized spacial score (nSPS) is 10.6. The highest BCUT2D eigenvalue weighted by atomic mass is 16.5. The molecule has 0 unspecified atom stereocenters. The molecule has 1 aromatic carbocycles. The number of carbonyl (C=O) groups excluding carboxylic acids is 1. The number of aryl methyl sites for hydroxylation is 2. The Labute approximate surface area is 122 Å². The number of aromatic hydroxyl groups is 1. The lowest BCUT2D eigenvalue weighted by Gasteiger charge is -2.13. The summed E-state index contributed by atoms with van der Waals surface area (Å²) in [5.74, 6) is 0.702. The Morgan fingerprint density at radius 2 is 1.55 bits per heavy atom. The van der Waals surface area contributed by atoms with E-state index in [0.717, 1.165) is 49.7 Å². The molecule has 0 radical (unpaired) electrons. The van der Waals surface area contributed by atoms with Crippen LogP contribution in [-0.4, -0.2) is 11.1 Å². The molecule has 0 saturated carbocycles. The first kappa shape index (κ1) is 16.5. The van der Waals surface area contributed by atoms with Crippen LogP contribution >= 0.6 is 0 Å². The Kier molecular flexibility index (Phi) is 7.13. The molecule has 0 fully saturated rings. The number of hydrogen-bond donors (Lipinski definition) is 1. The van der Waals surface area contributed by atoms with E-state index in [1.54, 1.807) is 19.1 Å². The van der Waals surface area contributed by atoms with Crippen LogP contribution in [0, 0.1) is 0 Å². The van der Waals surface area contributed by atoms with Gasteiger partial charge in [-0.3, -0.25) is 4.79 Å². The molecule has 3 nitrogen and oxygen atoms in total. The Morgan fingerprint density at radius 1 is 1.05 bits per heavy atom. The molecule has 0 aromatic heterocycles. The maximum atomic E-state index is 11.4. The van der Waals surface area contributed by atoms with Crippen LogP contribution in [-0.2, 0) is 17.6 Å². The standard InChI is InChI=1S/C17H26O3/c1-4-7-9-13-11-15(20-16(18)6-3)12-14(17(13)19)10-8-5-2/h11-12,19H,4-10H2,1-3H3. The molecular weight excluding hydrogens is 252 g/mol. The van der Waals surface area contributed by atoms with Crippen molar-refractivity contribution in [2.75, 3.05) is 0 Å². The predicted molar refractivity (Wildman–Crippen MR) is 81.3 cm³/mol. The third-order valence-corrected chi connectivity index (χ3v) is 3.36. The number of rotatable bonds is 8. The molecule has 1 rings (SSSR count). The van der Waals surface area contributed by atoms with Crippen molar-refractivity contribution in [3.8, 4) is 11.5 Å². The van der Waals surface area contributed by atoms with Crippen LogP contribution in [0.3, 0.4) is 0 Å². The van der Waals surface area contributed by atoms with E-state index in [0.29, 0.717) is 17.9 Å². The number of hydrogen-bond acceptors (Lipinski definition) is 3. The minimum Gasteiger partial charge on any atom is -0.507 e. The summed E-state index contributed by atoms with van der Waals surface area (Å²) in [6.07, 6.45) is 6.18. The fourth-order valence-corrected chi connectivity index (χ4v) is 2.11. The highest BCUT2D eigenvalue weighted by Crippen LogP contribution is 2.31. The average molecular weight is 278 g/mol. The van der Waals surface area contributed by atoms with Gasteiger partial charge in [-0.2, -0.15) is 0 Å². The lowest BCUT2D eigenvalue weighted by atomic mass is 9.99. The van der Waals surface area contributed by atoms with E-state index in [2.05, 4.69) is 13.8 Å². The zero-order valence-corrected chi connectivity index (χ0v) is 12.9. The predicted octanol–water partition coefficient (Wildman–Crippen LogP) is 4.39. The molecule has 0 saturated heterocycles. The van der Waals surface area contributed by atoms with Crippen molar-refractivity contribution >= 4 is 5.97 Å². The first-order chi connectivity index (χ1) is 9.62.